The Bertz CT molecular complexity index is 1050. The topological polar surface area (TPSA) is 84.9 Å². The summed E-state index contributed by atoms with van der Waals surface area (Å²) in [5.41, 5.74) is 4.05. The zero-order chi connectivity index (χ0) is 22.5. The Labute approximate surface area is 186 Å². The molecule has 166 valence electrons. The number of carbonyl (C=O) groups excluding carboxylic acids is 3. The summed E-state index contributed by atoms with van der Waals surface area (Å²) in [6.45, 7) is 3.81. The summed E-state index contributed by atoms with van der Waals surface area (Å²) in [6.07, 6.45) is 0.572. The largest absolute Gasteiger partial charge is 0.461 e. The molecule has 1 N–H and O–H groups in total. The Morgan fingerprint density at radius 2 is 1.72 bits per heavy atom. The zero-order valence-corrected chi connectivity index (χ0v) is 18.2. The molecule has 5 rings (SSSR count). The number of hydrogen-bond donors (Lipinski definition) is 1. The van der Waals surface area contributed by atoms with E-state index in [0.717, 1.165) is 22.3 Å². The van der Waals surface area contributed by atoms with Crippen molar-refractivity contribution in [3.05, 3.63) is 59.7 Å². The molecule has 0 radical (unpaired) electrons. The fourth-order valence-electron chi connectivity index (χ4n) is 5.22. The third kappa shape index (κ3) is 3.32. The van der Waals surface area contributed by atoms with Gasteiger partial charge in [0.2, 0.25) is 5.91 Å². The lowest BCUT2D eigenvalue weighted by Gasteiger charge is -2.34. The number of carbonyl (C=O) groups is 3. The van der Waals surface area contributed by atoms with Crippen molar-refractivity contribution >= 4 is 18.0 Å². The molecule has 1 aliphatic carbocycles. The number of rotatable bonds is 3. The van der Waals surface area contributed by atoms with Crippen LogP contribution in [0, 0.1) is 0 Å². The highest BCUT2D eigenvalue weighted by Gasteiger charge is 2.50. The molecular weight excluding hydrogens is 408 g/mol. The number of hydrogen-bond acceptors (Lipinski definition) is 5. The third-order valence-corrected chi connectivity index (χ3v) is 6.83. The maximum atomic E-state index is 13.1. The van der Waals surface area contributed by atoms with Gasteiger partial charge in [0.15, 0.2) is 0 Å². The SMILES string of the molecule is CC1(C)CC[C@H]2C(=O)OC[C@H](NC(=O)OCC3c4ccccc4-c4ccccc43)C(=O)N21. The van der Waals surface area contributed by atoms with Crippen molar-refractivity contribution < 1.29 is 23.9 Å². The van der Waals surface area contributed by atoms with Crippen LogP contribution in [0.4, 0.5) is 4.79 Å². The smallest absolute Gasteiger partial charge is 0.407 e. The van der Waals surface area contributed by atoms with Gasteiger partial charge in [0.05, 0.1) is 0 Å². The second-order valence-electron chi connectivity index (χ2n) is 9.23. The van der Waals surface area contributed by atoms with Gasteiger partial charge in [0.1, 0.15) is 25.3 Å². The molecule has 2 heterocycles. The number of amides is 2. The molecule has 2 amide bonds. The number of cyclic esters (lactones) is 1. The molecule has 2 fully saturated rings. The van der Waals surface area contributed by atoms with Crippen LogP contribution in [-0.2, 0) is 19.1 Å². The van der Waals surface area contributed by atoms with Crippen LogP contribution in [0.15, 0.2) is 48.5 Å². The second-order valence-corrected chi connectivity index (χ2v) is 9.23. The van der Waals surface area contributed by atoms with Crippen molar-refractivity contribution in [1.82, 2.24) is 10.2 Å². The molecule has 2 atom stereocenters. The Balaban J connectivity index is 1.29. The van der Waals surface area contributed by atoms with Crippen molar-refractivity contribution in [1.29, 1.82) is 0 Å². The first-order valence-electron chi connectivity index (χ1n) is 11.0. The maximum Gasteiger partial charge on any atom is 0.407 e. The summed E-state index contributed by atoms with van der Waals surface area (Å²) in [4.78, 5) is 39.7. The van der Waals surface area contributed by atoms with Gasteiger partial charge in [-0.05, 0) is 48.9 Å². The van der Waals surface area contributed by atoms with Crippen LogP contribution in [0.1, 0.15) is 43.7 Å². The van der Waals surface area contributed by atoms with Gasteiger partial charge in [-0.25, -0.2) is 9.59 Å². The number of benzene rings is 2. The molecule has 0 spiro atoms. The van der Waals surface area contributed by atoms with Gasteiger partial charge >= 0.3 is 12.1 Å². The quantitative estimate of drug-likeness (QED) is 0.750. The molecule has 32 heavy (non-hydrogen) atoms. The Morgan fingerprint density at radius 3 is 2.38 bits per heavy atom. The minimum Gasteiger partial charge on any atom is -0.461 e. The summed E-state index contributed by atoms with van der Waals surface area (Å²) < 4.78 is 10.9. The number of nitrogens with one attached hydrogen (secondary N) is 1. The highest BCUT2D eigenvalue weighted by molar-refractivity contribution is 5.92. The van der Waals surface area contributed by atoms with Crippen molar-refractivity contribution in [3.8, 4) is 11.1 Å². The van der Waals surface area contributed by atoms with E-state index in [1.54, 1.807) is 4.90 Å². The minimum absolute atomic E-state index is 0.0716. The lowest BCUT2D eigenvalue weighted by Crippen LogP contribution is -2.55. The number of alkyl carbamates (subject to hydrolysis) is 1. The molecule has 2 aromatic carbocycles. The third-order valence-electron chi connectivity index (χ3n) is 6.83. The number of nitrogens with zero attached hydrogens (tertiary/aromatic N) is 1. The van der Waals surface area contributed by atoms with Crippen LogP contribution in [0.5, 0.6) is 0 Å². The van der Waals surface area contributed by atoms with Crippen molar-refractivity contribution in [3.63, 3.8) is 0 Å². The summed E-state index contributed by atoms with van der Waals surface area (Å²) in [7, 11) is 0. The molecule has 0 aromatic heterocycles. The van der Waals surface area contributed by atoms with Crippen LogP contribution < -0.4 is 5.32 Å². The van der Waals surface area contributed by atoms with E-state index in [9.17, 15) is 14.4 Å². The molecule has 2 saturated heterocycles. The maximum absolute atomic E-state index is 13.1. The second kappa shape index (κ2) is 7.65. The molecule has 0 unspecified atom stereocenters. The molecular formula is C25H26N2O5. The van der Waals surface area contributed by atoms with Crippen LogP contribution in [0.2, 0.25) is 0 Å². The van der Waals surface area contributed by atoms with E-state index in [-0.39, 0.29) is 25.0 Å². The monoisotopic (exact) mass is 434 g/mol. The molecule has 7 heteroatoms. The van der Waals surface area contributed by atoms with Crippen LogP contribution >= 0.6 is 0 Å². The molecule has 0 bridgehead atoms. The van der Waals surface area contributed by atoms with Crippen LogP contribution in [0.3, 0.4) is 0 Å². The zero-order valence-electron chi connectivity index (χ0n) is 18.2. The van der Waals surface area contributed by atoms with Gasteiger partial charge in [-0.3, -0.25) is 4.79 Å². The number of esters is 1. The van der Waals surface area contributed by atoms with Crippen molar-refractivity contribution in [2.75, 3.05) is 13.2 Å². The Kier molecular flexibility index (Phi) is 4.92. The predicted molar refractivity (Wildman–Crippen MR) is 117 cm³/mol. The van der Waals surface area contributed by atoms with Gasteiger partial charge < -0.3 is 19.7 Å². The first kappa shape index (κ1) is 20.5. The average molecular weight is 434 g/mol. The summed E-state index contributed by atoms with van der Waals surface area (Å²) in [5.74, 6) is -0.796. The fraction of sp³-hybridized carbons (Fsp3) is 0.400. The van der Waals surface area contributed by atoms with E-state index in [1.807, 2.05) is 50.2 Å². The summed E-state index contributed by atoms with van der Waals surface area (Å²) in [6, 6.07) is 14.6. The lowest BCUT2D eigenvalue weighted by atomic mass is 9.98. The normalized spacial score (nSPS) is 23.6. The fourth-order valence-corrected chi connectivity index (χ4v) is 5.22. The van der Waals surface area contributed by atoms with Gasteiger partial charge in [-0.1, -0.05) is 48.5 Å². The summed E-state index contributed by atoms with van der Waals surface area (Å²) >= 11 is 0. The average Bonchev–Trinajstić information content (AvgIpc) is 3.24. The van der Waals surface area contributed by atoms with Gasteiger partial charge in [-0.15, -0.1) is 0 Å². The van der Waals surface area contributed by atoms with Gasteiger partial charge in [-0.2, -0.15) is 0 Å². The lowest BCUT2D eigenvalue weighted by molar-refractivity contribution is -0.150. The highest BCUT2D eigenvalue weighted by atomic mass is 16.6. The standard InChI is InChI=1S/C25H26N2O5/c1-25(2)12-11-21-23(29)31-14-20(22(28)27(21)25)26-24(30)32-13-19-17-9-5-3-7-15(17)16-8-4-6-10-18(16)19/h3-10,19-21H,11-14H2,1-2H3,(H,26,30)/t20-,21-/m0/s1. The van der Waals surface area contributed by atoms with Crippen molar-refractivity contribution in [2.24, 2.45) is 0 Å². The molecule has 0 saturated carbocycles. The number of ether oxygens (including phenoxy) is 2. The highest BCUT2D eigenvalue weighted by Crippen LogP contribution is 2.44. The van der Waals surface area contributed by atoms with E-state index < -0.39 is 29.7 Å². The summed E-state index contributed by atoms with van der Waals surface area (Å²) in [5, 5.41) is 2.62. The minimum atomic E-state index is -0.961. The molecule has 2 aliphatic heterocycles. The van der Waals surface area contributed by atoms with Crippen molar-refractivity contribution in [2.45, 2.75) is 50.2 Å². The van der Waals surface area contributed by atoms with E-state index in [2.05, 4.69) is 17.4 Å². The van der Waals surface area contributed by atoms with Gasteiger partial charge in [0.25, 0.3) is 0 Å². The van der Waals surface area contributed by atoms with E-state index in [0.29, 0.717) is 12.8 Å². The van der Waals surface area contributed by atoms with E-state index in [1.165, 1.54) is 0 Å². The van der Waals surface area contributed by atoms with Gasteiger partial charge in [0, 0.05) is 11.5 Å². The first-order chi connectivity index (χ1) is 15.4. The molecule has 7 nitrogen and oxygen atoms in total. The molecule has 3 aliphatic rings. The number of fused-ring (bicyclic) bond motifs is 4. The van der Waals surface area contributed by atoms with E-state index >= 15 is 0 Å². The van der Waals surface area contributed by atoms with Crippen LogP contribution in [0.25, 0.3) is 11.1 Å². The predicted octanol–water partition coefficient (Wildman–Crippen LogP) is 3.22. The van der Waals surface area contributed by atoms with E-state index in [4.69, 9.17) is 9.47 Å². The Morgan fingerprint density at radius 1 is 1.09 bits per heavy atom. The Hall–Kier alpha value is -3.35. The first-order valence-corrected chi connectivity index (χ1v) is 11.0. The molecule has 2 aromatic rings. The van der Waals surface area contributed by atoms with Crippen LogP contribution in [-0.4, -0.2) is 53.7 Å².